The highest BCUT2D eigenvalue weighted by Gasteiger charge is 2.23. The first-order valence-corrected chi connectivity index (χ1v) is 27.2. The summed E-state index contributed by atoms with van der Waals surface area (Å²) in [7, 11) is 0. The predicted molar refractivity (Wildman–Crippen MR) is 278 cm³/mol. The van der Waals surface area contributed by atoms with E-state index >= 15 is 0 Å². The standard InChI is InChI=1S/C58H103NO5/c1-4-7-10-13-16-19-22-25-28-30-32-35-38-41-44-47-50-56(61)55(53-60)59-57(62)52-54(49-46-43-40-37-34-31-29-26-23-20-17-14-11-8-5-2)64-58(63)51-48-45-42-39-36-33-27-24-21-18-15-12-9-6-3/h8,11,17,20,26,29,33-34,36-37,43,46,54-56,60-61H,4-7,9-10,12-16,18-19,21-25,27-28,30-32,35,38-42,44-45,47-53H2,1-3H3,(H,59,62)/b11-8-,20-17-,29-26-,36-33-,37-34-,46-43-. The maximum atomic E-state index is 13.2. The topological polar surface area (TPSA) is 95.9 Å². The van der Waals surface area contributed by atoms with Crippen LogP contribution in [0.3, 0.4) is 0 Å². The van der Waals surface area contributed by atoms with Gasteiger partial charge in [0, 0.05) is 12.8 Å². The Bertz CT molecular complexity index is 1190. The zero-order valence-corrected chi connectivity index (χ0v) is 42.1. The van der Waals surface area contributed by atoms with Crippen LogP contribution in [0.4, 0.5) is 0 Å². The summed E-state index contributed by atoms with van der Waals surface area (Å²) in [5.41, 5.74) is 0. The van der Waals surface area contributed by atoms with Gasteiger partial charge in [-0.2, -0.15) is 0 Å². The van der Waals surface area contributed by atoms with E-state index in [9.17, 15) is 19.8 Å². The molecule has 64 heavy (non-hydrogen) atoms. The number of carbonyl (C=O) groups excluding carboxylic acids is 2. The third-order valence-corrected chi connectivity index (χ3v) is 12.0. The molecular weight excluding hydrogens is 791 g/mol. The quantitative estimate of drug-likeness (QED) is 0.0321. The molecule has 0 saturated heterocycles. The molecule has 3 N–H and O–H groups in total. The van der Waals surface area contributed by atoms with Gasteiger partial charge in [0.05, 0.1) is 25.2 Å². The number of carbonyl (C=O) groups is 2. The highest BCUT2D eigenvalue weighted by Crippen LogP contribution is 2.17. The predicted octanol–water partition coefficient (Wildman–Crippen LogP) is 16.6. The number of amides is 1. The van der Waals surface area contributed by atoms with Crippen molar-refractivity contribution >= 4 is 11.9 Å². The van der Waals surface area contributed by atoms with E-state index in [1.807, 2.05) is 12.2 Å². The third kappa shape index (κ3) is 45.9. The summed E-state index contributed by atoms with van der Waals surface area (Å²) in [4.78, 5) is 26.1. The van der Waals surface area contributed by atoms with Gasteiger partial charge in [-0.25, -0.2) is 0 Å². The van der Waals surface area contributed by atoms with Crippen LogP contribution in [0.1, 0.15) is 258 Å². The van der Waals surface area contributed by atoms with Crippen molar-refractivity contribution in [3.05, 3.63) is 72.9 Å². The number of allylic oxidation sites excluding steroid dienone is 11. The fraction of sp³-hybridized carbons (Fsp3) is 0.759. The van der Waals surface area contributed by atoms with Crippen molar-refractivity contribution in [1.82, 2.24) is 5.32 Å². The molecule has 0 fully saturated rings. The zero-order valence-electron chi connectivity index (χ0n) is 42.1. The van der Waals surface area contributed by atoms with Crippen LogP contribution in [-0.4, -0.2) is 46.9 Å². The lowest BCUT2D eigenvalue weighted by molar-refractivity contribution is -0.150. The smallest absolute Gasteiger partial charge is 0.306 e. The van der Waals surface area contributed by atoms with Gasteiger partial charge in [0.25, 0.3) is 0 Å². The Balaban J connectivity index is 4.69. The summed E-state index contributed by atoms with van der Waals surface area (Å²) in [6, 6.07) is -0.738. The van der Waals surface area contributed by atoms with Gasteiger partial charge in [-0.05, 0) is 70.6 Å². The Morgan fingerprint density at radius 1 is 0.484 bits per heavy atom. The molecule has 370 valence electrons. The van der Waals surface area contributed by atoms with Crippen molar-refractivity contribution in [2.24, 2.45) is 0 Å². The molecule has 0 saturated carbocycles. The zero-order chi connectivity index (χ0) is 46.7. The van der Waals surface area contributed by atoms with Crippen molar-refractivity contribution in [2.75, 3.05) is 6.61 Å². The molecule has 3 atom stereocenters. The van der Waals surface area contributed by atoms with Crippen molar-refractivity contribution in [2.45, 2.75) is 277 Å². The van der Waals surface area contributed by atoms with E-state index in [1.165, 1.54) is 128 Å². The number of unbranched alkanes of at least 4 members (excludes halogenated alkanes) is 25. The maximum Gasteiger partial charge on any atom is 0.306 e. The lowest BCUT2D eigenvalue weighted by Crippen LogP contribution is -2.46. The largest absolute Gasteiger partial charge is 0.461 e. The van der Waals surface area contributed by atoms with E-state index in [0.717, 1.165) is 83.5 Å². The van der Waals surface area contributed by atoms with E-state index in [2.05, 4.69) is 86.8 Å². The highest BCUT2D eigenvalue weighted by molar-refractivity contribution is 5.77. The van der Waals surface area contributed by atoms with Crippen molar-refractivity contribution < 1.29 is 24.5 Å². The van der Waals surface area contributed by atoms with Crippen LogP contribution in [0.2, 0.25) is 0 Å². The van der Waals surface area contributed by atoms with Crippen LogP contribution >= 0.6 is 0 Å². The molecule has 6 nitrogen and oxygen atoms in total. The van der Waals surface area contributed by atoms with Crippen LogP contribution in [0, 0.1) is 0 Å². The molecule has 0 aromatic rings. The second-order valence-electron chi connectivity index (χ2n) is 18.3. The lowest BCUT2D eigenvalue weighted by atomic mass is 10.0. The fourth-order valence-electron chi connectivity index (χ4n) is 7.92. The van der Waals surface area contributed by atoms with Crippen molar-refractivity contribution in [3.63, 3.8) is 0 Å². The minimum Gasteiger partial charge on any atom is -0.461 e. The molecule has 0 rings (SSSR count). The van der Waals surface area contributed by atoms with Gasteiger partial charge in [-0.15, -0.1) is 0 Å². The molecule has 1 amide bonds. The van der Waals surface area contributed by atoms with Gasteiger partial charge in [0.2, 0.25) is 5.91 Å². The van der Waals surface area contributed by atoms with Gasteiger partial charge in [0.15, 0.2) is 0 Å². The van der Waals surface area contributed by atoms with Gasteiger partial charge in [-0.3, -0.25) is 9.59 Å². The minimum absolute atomic E-state index is 0.00808. The van der Waals surface area contributed by atoms with E-state index in [4.69, 9.17) is 4.74 Å². The third-order valence-electron chi connectivity index (χ3n) is 12.0. The van der Waals surface area contributed by atoms with Gasteiger partial charge in [0.1, 0.15) is 6.10 Å². The molecule has 0 spiro atoms. The summed E-state index contributed by atoms with van der Waals surface area (Å²) >= 11 is 0. The summed E-state index contributed by atoms with van der Waals surface area (Å²) < 4.78 is 5.87. The van der Waals surface area contributed by atoms with Crippen molar-refractivity contribution in [3.8, 4) is 0 Å². The van der Waals surface area contributed by atoms with Gasteiger partial charge in [-0.1, -0.05) is 241 Å². The summed E-state index contributed by atoms with van der Waals surface area (Å²) in [5, 5.41) is 23.8. The molecule has 0 radical (unpaired) electrons. The number of rotatable bonds is 48. The SMILES string of the molecule is CC/C=C\C/C=C\C/C=C\C/C=C\C/C=C\CC(CC(=O)NC(CO)C(O)CCCCCCCCCCCCCCCCCC)OC(=O)CCCCC/C=C\CCCCCCCCC. The van der Waals surface area contributed by atoms with Gasteiger partial charge < -0.3 is 20.3 Å². The van der Waals surface area contributed by atoms with Crippen LogP contribution < -0.4 is 5.32 Å². The number of esters is 1. The average Bonchev–Trinajstić information content (AvgIpc) is 3.29. The Hall–Kier alpha value is -2.70. The number of aliphatic hydroxyl groups is 2. The number of aliphatic hydroxyl groups excluding tert-OH is 2. The molecule has 6 heteroatoms. The summed E-state index contributed by atoms with van der Waals surface area (Å²) in [6.45, 7) is 6.35. The summed E-state index contributed by atoms with van der Waals surface area (Å²) in [5.74, 6) is -0.597. The first-order chi connectivity index (χ1) is 31.5. The molecule has 0 aliphatic heterocycles. The van der Waals surface area contributed by atoms with E-state index in [0.29, 0.717) is 19.3 Å². The molecular formula is C58H103NO5. The first kappa shape index (κ1) is 61.3. The van der Waals surface area contributed by atoms with Crippen LogP contribution in [0.5, 0.6) is 0 Å². The monoisotopic (exact) mass is 894 g/mol. The maximum absolute atomic E-state index is 13.2. The highest BCUT2D eigenvalue weighted by atomic mass is 16.5. The van der Waals surface area contributed by atoms with E-state index < -0.39 is 18.2 Å². The number of ether oxygens (including phenoxy) is 1. The summed E-state index contributed by atoms with van der Waals surface area (Å²) in [6.07, 6.45) is 65.5. The number of hydrogen-bond acceptors (Lipinski definition) is 5. The Morgan fingerprint density at radius 2 is 0.875 bits per heavy atom. The molecule has 0 bridgehead atoms. The average molecular weight is 894 g/mol. The molecule has 0 aliphatic rings. The molecule has 0 heterocycles. The first-order valence-electron chi connectivity index (χ1n) is 27.2. The second kappa shape index (κ2) is 51.3. The Labute approximate surface area is 396 Å². The van der Waals surface area contributed by atoms with Crippen LogP contribution in [-0.2, 0) is 14.3 Å². The van der Waals surface area contributed by atoms with Gasteiger partial charge >= 0.3 is 5.97 Å². The van der Waals surface area contributed by atoms with Crippen LogP contribution in [0.25, 0.3) is 0 Å². The minimum atomic E-state index is -0.817. The molecule has 3 unspecified atom stereocenters. The van der Waals surface area contributed by atoms with Crippen LogP contribution in [0.15, 0.2) is 72.9 Å². The molecule has 0 aliphatic carbocycles. The molecule has 0 aromatic carbocycles. The lowest BCUT2D eigenvalue weighted by Gasteiger charge is -2.24. The Morgan fingerprint density at radius 3 is 1.31 bits per heavy atom. The normalized spacial score (nSPS) is 13.8. The number of nitrogens with one attached hydrogen (secondary N) is 1. The van der Waals surface area contributed by atoms with E-state index in [1.54, 1.807) is 0 Å². The fourth-order valence-corrected chi connectivity index (χ4v) is 7.92. The molecule has 0 aromatic heterocycles. The second-order valence-corrected chi connectivity index (χ2v) is 18.3. The van der Waals surface area contributed by atoms with E-state index in [-0.39, 0.29) is 24.9 Å². The Kier molecular flexibility index (Phi) is 49.1. The van der Waals surface area contributed by atoms with Crippen molar-refractivity contribution in [1.29, 1.82) is 0 Å². The number of hydrogen-bond donors (Lipinski definition) is 3.